The molecule has 0 bridgehead atoms. The zero-order chi connectivity index (χ0) is 10.5. The van der Waals surface area contributed by atoms with Crippen molar-refractivity contribution in [3.8, 4) is 0 Å². The highest BCUT2D eigenvalue weighted by Crippen LogP contribution is 2.06. The molecule has 3 N–H and O–H groups in total. The Kier molecular flexibility index (Phi) is 4.51. The van der Waals surface area contributed by atoms with E-state index in [4.69, 9.17) is 14.8 Å². The molecule has 0 aromatic heterocycles. The monoisotopic (exact) mass is 187 g/mol. The maximum atomic E-state index is 10.9. The van der Waals surface area contributed by atoms with E-state index in [1.54, 1.807) is 20.8 Å². The third-order valence-electron chi connectivity index (χ3n) is 0.868. The number of carbonyl (C=O) groups is 1. The molecule has 0 saturated heterocycles. The Morgan fingerprint density at radius 3 is 2.38 bits per heavy atom. The largest absolute Gasteiger partial charge is 0.482 e. The van der Waals surface area contributed by atoms with Crippen molar-refractivity contribution in [3.63, 3.8) is 0 Å². The third kappa shape index (κ3) is 8.90. The molecular formula is C7H14BNO4. The van der Waals surface area contributed by atoms with Crippen molar-refractivity contribution in [3.05, 3.63) is 12.2 Å². The van der Waals surface area contributed by atoms with Gasteiger partial charge in [-0.1, -0.05) is 0 Å². The van der Waals surface area contributed by atoms with E-state index in [-0.39, 0.29) is 0 Å². The van der Waals surface area contributed by atoms with Crippen LogP contribution >= 0.6 is 0 Å². The van der Waals surface area contributed by atoms with Gasteiger partial charge in [-0.25, -0.2) is 4.79 Å². The van der Waals surface area contributed by atoms with Crippen LogP contribution in [-0.2, 0) is 4.74 Å². The number of hydrogen-bond donors (Lipinski definition) is 3. The minimum atomic E-state index is -1.57. The van der Waals surface area contributed by atoms with E-state index in [1.165, 1.54) is 0 Å². The molecule has 0 saturated carbocycles. The minimum Gasteiger partial charge on any atom is -0.444 e. The quantitative estimate of drug-likeness (QED) is 0.533. The molecule has 0 rings (SSSR count). The summed E-state index contributed by atoms with van der Waals surface area (Å²) in [5.74, 6) is 1.00. The first-order valence-electron chi connectivity index (χ1n) is 3.83. The lowest BCUT2D eigenvalue weighted by atomic mass is 9.93. The first-order chi connectivity index (χ1) is 5.81. The number of ether oxygens (including phenoxy) is 1. The molecule has 0 aliphatic carbocycles. The predicted molar refractivity (Wildman–Crippen MR) is 48.7 cm³/mol. The fourth-order valence-electron chi connectivity index (χ4n) is 0.510. The molecule has 13 heavy (non-hydrogen) atoms. The van der Waals surface area contributed by atoms with Crippen molar-refractivity contribution in [1.29, 1.82) is 0 Å². The first kappa shape index (κ1) is 12.0. The average molecular weight is 187 g/mol. The lowest BCUT2D eigenvalue weighted by Gasteiger charge is -2.18. The van der Waals surface area contributed by atoms with E-state index in [9.17, 15) is 4.79 Å². The van der Waals surface area contributed by atoms with E-state index in [0.717, 1.165) is 12.2 Å². The van der Waals surface area contributed by atoms with Gasteiger partial charge in [0.25, 0.3) is 0 Å². The van der Waals surface area contributed by atoms with Crippen molar-refractivity contribution in [2.45, 2.75) is 26.4 Å². The van der Waals surface area contributed by atoms with Crippen LogP contribution < -0.4 is 5.32 Å². The van der Waals surface area contributed by atoms with E-state index in [1.807, 2.05) is 0 Å². The molecule has 1 amide bonds. The van der Waals surface area contributed by atoms with Crippen molar-refractivity contribution >= 4 is 13.2 Å². The second kappa shape index (κ2) is 4.88. The second-order valence-corrected chi connectivity index (χ2v) is 3.42. The van der Waals surface area contributed by atoms with Crippen molar-refractivity contribution in [1.82, 2.24) is 5.32 Å². The Bertz CT molecular complexity index is 197. The van der Waals surface area contributed by atoms with E-state index in [2.05, 4.69) is 5.32 Å². The summed E-state index contributed by atoms with van der Waals surface area (Å²) < 4.78 is 4.85. The normalized spacial score (nSPS) is 11.5. The number of hydrogen-bond acceptors (Lipinski definition) is 4. The molecule has 0 aliphatic rings. The smallest absolute Gasteiger partial charge is 0.444 e. The highest BCUT2D eigenvalue weighted by atomic mass is 16.6. The predicted octanol–water partition coefficient (Wildman–Crippen LogP) is 0.0368. The molecule has 0 aromatic rings. The van der Waals surface area contributed by atoms with Crippen LogP contribution in [0.1, 0.15) is 20.8 Å². The van der Waals surface area contributed by atoms with Gasteiger partial charge in [0.2, 0.25) is 0 Å². The molecule has 6 heteroatoms. The molecule has 0 aliphatic heterocycles. The summed E-state index contributed by atoms with van der Waals surface area (Å²) in [4.78, 5) is 10.9. The molecule has 0 unspecified atom stereocenters. The molecule has 0 fully saturated rings. The maximum Gasteiger partial charge on any atom is 0.482 e. The Balaban J connectivity index is 3.77. The number of nitrogens with one attached hydrogen (secondary N) is 1. The Morgan fingerprint density at radius 2 is 2.00 bits per heavy atom. The summed E-state index contributed by atoms with van der Waals surface area (Å²) in [7, 11) is -1.57. The summed E-state index contributed by atoms with van der Waals surface area (Å²) in [5.41, 5.74) is -0.560. The van der Waals surface area contributed by atoms with Gasteiger partial charge >= 0.3 is 13.2 Å². The van der Waals surface area contributed by atoms with Crippen LogP contribution in [0.15, 0.2) is 12.2 Å². The van der Waals surface area contributed by atoms with Crippen LogP contribution in [0, 0.1) is 0 Å². The fourth-order valence-corrected chi connectivity index (χ4v) is 0.510. The van der Waals surface area contributed by atoms with Gasteiger partial charge in [-0.05, 0) is 32.9 Å². The molecule has 0 aromatic carbocycles. The van der Waals surface area contributed by atoms with Gasteiger partial charge in [0.05, 0.1) is 0 Å². The number of carbonyl (C=O) groups excluding carboxylic acids is 1. The van der Waals surface area contributed by atoms with E-state index >= 15 is 0 Å². The second-order valence-electron chi connectivity index (χ2n) is 3.42. The SMILES string of the molecule is CC(C)(C)OC(=O)NC=CB(O)O. The molecular weight excluding hydrogens is 173 g/mol. The van der Waals surface area contributed by atoms with Gasteiger partial charge in [0.15, 0.2) is 0 Å². The Morgan fingerprint density at radius 1 is 1.46 bits per heavy atom. The number of amides is 1. The van der Waals surface area contributed by atoms with Crippen molar-refractivity contribution in [2.24, 2.45) is 0 Å². The molecule has 5 nitrogen and oxygen atoms in total. The lowest BCUT2D eigenvalue weighted by molar-refractivity contribution is 0.0552. The van der Waals surface area contributed by atoms with Gasteiger partial charge in [-0.15, -0.1) is 0 Å². The highest BCUT2D eigenvalue weighted by molar-refractivity contribution is 6.47. The molecule has 0 spiro atoms. The number of rotatable bonds is 2. The zero-order valence-electron chi connectivity index (χ0n) is 7.94. The highest BCUT2D eigenvalue weighted by Gasteiger charge is 2.14. The molecule has 0 radical (unpaired) electrons. The number of alkyl carbamates (subject to hydrolysis) is 1. The molecule has 74 valence electrons. The van der Waals surface area contributed by atoms with Gasteiger partial charge in [-0.3, -0.25) is 5.32 Å². The first-order valence-corrected chi connectivity index (χ1v) is 3.83. The lowest BCUT2D eigenvalue weighted by Crippen LogP contribution is -2.30. The van der Waals surface area contributed by atoms with Crippen LogP contribution in [0.25, 0.3) is 0 Å². The standard InChI is InChI=1S/C7H14BNO4/c1-7(2,3)13-6(10)9-5-4-8(11)12/h4-5,11-12H,1-3H3,(H,9,10). The Labute approximate surface area is 77.5 Å². The fraction of sp³-hybridized carbons (Fsp3) is 0.571. The van der Waals surface area contributed by atoms with E-state index in [0.29, 0.717) is 0 Å². The summed E-state index contributed by atoms with van der Waals surface area (Å²) >= 11 is 0. The summed E-state index contributed by atoms with van der Waals surface area (Å²) in [6.07, 6.45) is 0.475. The third-order valence-corrected chi connectivity index (χ3v) is 0.868. The van der Waals surface area contributed by atoms with Crippen LogP contribution in [0.5, 0.6) is 0 Å². The van der Waals surface area contributed by atoms with Crippen LogP contribution in [0.2, 0.25) is 0 Å². The molecule has 0 heterocycles. The topological polar surface area (TPSA) is 78.8 Å². The van der Waals surface area contributed by atoms with Gasteiger partial charge in [0.1, 0.15) is 5.60 Å². The van der Waals surface area contributed by atoms with Gasteiger partial charge < -0.3 is 14.8 Å². The maximum absolute atomic E-state index is 10.9. The van der Waals surface area contributed by atoms with Gasteiger partial charge in [-0.2, -0.15) is 0 Å². The summed E-state index contributed by atoms with van der Waals surface area (Å²) in [5, 5.41) is 19.0. The minimum absolute atomic E-state index is 0.560. The summed E-state index contributed by atoms with van der Waals surface area (Å²) in [6.45, 7) is 5.20. The van der Waals surface area contributed by atoms with Crippen LogP contribution in [0.3, 0.4) is 0 Å². The van der Waals surface area contributed by atoms with E-state index < -0.39 is 18.8 Å². The zero-order valence-corrected chi connectivity index (χ0v) is 7.94. The average Bonchev–Trinajstić information content (AvgIpc) is 1.81. The van der Waals surface area contributed by atoms with Crippen LogP contribution in [0.4, 0.5) is 4.79 Å². The van der Waals surface area contributed by atoms with Gasteiger partial charge in [0, 0.05) is 0 Å². The summed E-state index contributed by atoms with van der Waals surface area (Å²) in [6, 6.07) is 0. The van der Waals surface area contributed by atoms with Crippen molar-refractivity contribution < 1.29 is 19.6 Å². The van der Waals surface area contributed by atoms with Crippen LogP contribution in [-0.4, -0.2) is 28.9 Å². The van der Waals surface area contributed by atoms with Crippen molar-refractivity contribution in [2.75, 3.05) is 0 Å². The Hall–Kier alpha value is -1.01. The molecule has 0 atom stereocenters.